The molecule has 2 heterocycles. The Labute approximate surface area is 146 Å². The van der Waals surface area contributed by atoms with Crippen molar-refractivity contribution in [3.63, 3.8) is 0 Å². The Hall–Kier alpha value is -2.70. The van der Waals surface area contributed by atoms with Crippen LogP contribution in [-0.4, -0.2) is 39.9 Å². The van der Waals surface area contributed by atoms with Crippen molar-refractivity contribution < 1.29 is 14.1 Å². The number of piperidine rings is 1. The predicted octanol–water partition coefficient (Wildman–Crippen LogP) is 1.86. The van der Waals surface area contributed by atoms with Gasteiger partial charge in [0.2, 0.25) is 11.8 Å². The molecule has 2 amide bonds. The number of carbonyl (C=O) groups is 2. The summed E-state index contributed by atoms with van der Waals surface area (Å²) in [6.07, 6.45) is 1.32. The Kier molecular flexibility index (Phi) is 5.11. The molecule has 0 radical (unpaired) electrons. The van der Waals surface area contributed by atoms with Crippen molar-refractivity contribution in [1.29, 1.82) is 0 Å². The summed E-state index contributed by atoms with van der Waals surface area (Å²) in [6, 6.07) is 7.59. The predicted molar refractivity (Wildman–Crippen MR) is 90.7 cm³/mol. The van der Waals surface area contributed by atoms with Crippen LogP contribution in [0.1, 0.15) is 40.5 Å². The maximum Gasteiger partial charge on any atom is 0.254 e. The maximum absolute atomic E-state index is 12.6. The van der Waals surface area contributed by atoms with Crippen molar-refractivity contribution in [3.8, 4) is 0 Å². The molecule has 1 N–H and O–H groups in total. The summed E-state index contributed by atoms with van der Waals surface area (Å²) in [5.74, 6) is 0.868. The van der Waals surface area contributed by atoms with Gasteiger partial charge in [-0.25, -0.2) is 0 Å². The highest BCUT2D eigenvalue weighted by molar-refractivity contribution is 5.95. The van der Waals surface area contributed by atoms with E-state index in [1.165, 1.54) is 0 Å². The fraction of sp³-hybridized carbons (Fsp3) is 0.444. The van der Waals surface area contributed by atoms with Gasteiger partial charge < -0.3 is 14.7 Å². The number of aryl methyl sites for hydroxylation is 2. The average Bonchev–Trinajstić information content (AvgIpc) is 3.05. The highest BCUT2D eigenvalue weighted by atomic mass is 16.5. The molecule has 0 unspecified atom stereocenters. The minimum Gasteiger partial charge on any atom is -0.347 e. The lowest BCUT2D eigenvalue weighted by Crippen LogP contribution is -2.43. The Morgan fingerprint density at radius 1 is 1.24 bits per heavy atom. The fourth-order valence-electron chi connectivity index (χ4n) is 3.05. The molecule has 0 spiro atoms. The van der Waals surface area contributed by atoms with E-state index in [1.807, 2.05) is 36.1 Å². The lowest BCUT2D eigenvalue weighted by Gasteiger charge is -2.31. The molecule has 7 nitrogen and oxygen atoms in total. The number of aromatic nitrogens is 2. The molecule has 1 saturated heterocycles. The van der Waals surface area contributed by atoms with E-state index in [0.29, 0.717) is 37.6 Å². The van der Waals surface area contributed by atoms with Gasteiger partial charge in [-0.05, 0) is 38.3 Å². The van der Waals surface area contributed by atoms with Gasteiger partial charge in [0.25, 0.3) is 5.91 Å². The topological polar surface area (TPSA) is 88.3 Å². The van der Waals surface area contributed by atoms with Crippen LogP contribution in [0.2, 0.25) is 0 Å². The van der Waals surface area contributed by atoms with E-state index in [4.69, 9.17) is 4.52 Å². The van der Waals surface area contributed by atoms with Gasteiger partial charge in [-0.15, -0.1) is 0 Å². The van der Waals surface area contributed by atoms with Crippen molar-refractivity contribution in [2.24, 2.45) is 5.92 Å². The summed E-state index contributed by atoms with van der Waals surface area (Å²) in [6.45, 7) is 5.08. The van der Waals surface area contributed by atoms with Gasteiger partial charge in [-0.3, -0.25) is 9.59 Å². The van der Waals surface area contributed by atoms with E-state index in [0.717, 1.165) is 11.1 Å². The molecule has 0 atom stereocenters. The molecular weight excluding hydrogens is 320 g/mol. The molecular formula is C18H22N4O3. The van der Waals surface area contributed by atoms with Gasteiger partial charge in [0.1, 0.15) is 0 Å². The number of hydrogen-bond donors (Lipinski definition) is 1. The summed E-state index contributed by atoms with van der Waals surface area (Å²) < 4.78 is 4.98. The fourth-order valence-corrected chi connectivity index (χ4v) is 3.05. The molecule has 0 saturated carbocycles. The Bertz CT molecular complexity index is 763. The Morgan fingerprint density at radius 2 is 1.96 bits per heavy atom. The van der Waals surface area contributed by atoms with Crippen LogP contribution >= 0.6 is 0 Å². The van der Waals surface area contributed by atoms with Crippen molar-refractivity contribution in [2.75, 3.05) is 13.1 Å². The third kappa shape index (κ3) is 4.04. The SMILES string of the molecule is Cc1noc(CNC(=O)C2CCN(C(=O)c3ccccc3C)CC2)n1. The third-order valence-electron chi connectivity index (χ3n) is 4.51. The number of likely N-dealkylation sites (tertiary alicyclic amines) is 1. The maximum atomic E-state index is 12.6. The van der Waals surface area contributed by atoms with Crippen LogP contribution in [0.25, 0.3) is 0 Å². The van der Waals surface area contributed by atoms with Crippen LogP contribution in [0.5, 0.6) is 0 Å². The lowest BCUT2D eigenvalue weighted by atomic mass is 9.95. The standard InChI is InChI=1S/C18H22N4O3/c1-12-5-3-4-6-15(12)18(24)22-9-7-14(8-10-22)17(23)19-11-16-20-13(2)21-25-16/h3-6,14H,7-11H2,1-2H3,(H,19,23). The summed E-state index contributed by atoms with van der Waals surface area (Å²) in [5, 5.41) is 6.52. The highest BCUT2D eigenvalue weighted by Gasteiger charge is 2.28. The molecule has 25 heavy (non-hydrogen) atoms. The normalized spacial score (nSPS) is 15.2. The summed E-state index contributed by atoms with van der Waals surface area (Å²) in [4.78, 5) is 30.8. The Balaban J connectivity index is 1.50. The number of rotatable bonds is 4. The highest BCUT2D eigenvalue weighted by Crippen LogP contribution is 2.20. The van der Waals surface area contributed by atoms with E-state index in [9.17, 15) is 9.59 Å². The lowest BCUT2D eigenvalue weighted by molar-refractivity contribution is -0.126. The second-order valence-corrected chi connectivity index (χ2v) is 6.33. The molecule has 132 valence electrons. The van der Waals surface area contributed by atoms with Crippen LogP contribution in [0.3, 0.4) is 0 Å². The molecule has 2 aromatic rings. The molecule has 1 fully saturated rings. The van der Waals surface area contributed by atoms with E-state index in [2.05, 4.69) is 15.5 Å². The summed E-state index contributed by atoms with van der Waals surface area (Å²) in [7, 11) is 0. The van der Waals surface area contributed by atoms with Crippen molar-refractivity contribution >= 4 is 11.8 Å². The van der Waals surface area contributed by atoms with E-state index >= 15 is 0 Å². The zero-order chi connectivity index (χ0) is 17.8. The number of nitrogens with zero attached hydrogens (tertiary/aromatic N) is 3. The first-order chi connectivity index (χ1) is 12.0. The smallest absolute Gasteiger partial charge is 0.254 e. The zero-order valence-corrected chi connectivity index (χ0v) is 14.5. The second-order valence-electron chi connectivity index (χ2n) is 6.33. The van der Waals surface area contributed by atoms with Crippen LogP contribution in [0.4, 0.5) is 0 Å². The number of hydrogen-bond acceptors (Lipinski definition) is 5. The van der Waals surface area contributed by atoms with Gasteiger partial charge in [0.15, 0.2) is 5.82 Å². The molecule has 1 aromatic carbocycles. The van der Waals surface area contributed by atoms with Gasteiger partial charge in [-0.2, -0.15) is 4.98 Å². The molecule has 1 aliphatic heterocycles. The number of amides is 2. The van der Waals surface area contributed by atoms with Crippen molar-refractivity contribution in [2.45, 2.75) is 33.2 Å². The van der Waals surface area contributed by atoms with Crippen LogP contribution in [-0.2, 0) is 11.3 Å². The first-order valence-corrected chi connectivity index (χ1v) is 8.46. The zero-order valence-electron chi connectivity index (χ0n) is 14.5. The van der Waals surface area contributed by atoms with Gasteiger partial charge >= 0.3 is 0 Å². The summed E-state index contributed by atoms with van der Waals surface area (Å²) >= 11 is 0. The van der Waals surface area contributed by atoms with E-state index in [1.54, 1.807) is 6.92 Å². The third-order valence-corrected chi connectivity index (χ3v) is 4.51. The van der Waals surface area contributed by atoms with Crippen molar-refractivity contribution in [3.05, 3.63) is 47.1 Å². The molecule has 7 heteroatoms. The largest absolute Gasteiger partial charge is 0.347 e. The molecule has 0 bridgehead atoms. The molecule has 1 aliphatic rings. The molecule has 0 aliphatic carbocycles. The monoisotopic (exact) mass is 342 g/mol. The number of benzene rings is 1. The average molecular weight is 342 g/mol. The molecule has 1 aromatic heterocycles. The van der Waals surface area contributed by atoms with Crippen LogP contribution < -0.4 is 5.32 Å². The minimum atomic E-state index is -0.0926. The van der Waals surface area contributed by atoms with Gasteiger partial charge in [0, 0.05) is 24.6 Å². The minimum absolute atomic E-state index is 0.0288. The second kappa shape index (κ2) is 7.46. The quantitative estimate of drug-likeness (QED) is 0.916. The molecule has 3 rings (SSSR count). The van der Waals surface area contributed by atoms with Gasteiger partial charge in [-0.1, -0.05) is 23.4 Å². The number of carbonyl (C=O) groups excluding carboxylic acids is 2. The van der Waals surface area contributed by atoms with E-state index < -0.39 is 0 Å². The van der Waals surface area contributed by atoms with E-state index in [-0.39, 0.29) is 24.3 Å². The van der Waals surface area contributed by atoms with Gasteiger partial charge in [0.05, 0.1) is 6.54 Å². The Morgan fingerprint density at radius 3 is 2.60 bits per heavy atom. The number of nitrogens with one attached hydrogen (secondary N) is 1. The first-order valence-electron chi connectivity index (χ1n) is 8.46. The first kappa shape index (κ1) is 17.1. The summed E-state index contributed by atoms with van der Waals surface area (Å²) in [5.41, 5.74) is 1.71. The van der Waals surface area contributed by atoms with Crippen molar-refractivity contribution in [1.82, 2.24) is 20.4 Å². The van der Waals surface area contributed by atoms with Crippen LogP contribution in [0, 0.1) is 19.8 Å². The van der Waals surface area contributed by atoms with Crippen LogP contribution in [0.15, 0.2) is 28.8 Å².